The van der Waals surface area contributed by atoms with Crippen molar-refractivity contribution in [2.24, 2.45) is 0 Å². The summed E-state index contributed by atoms with van der Waals surface area (Å²) in [7, 11) is 4.48. The van der Waals surface area contributed by atoms with Gasteiger partial charge in [0.05, 0.1) is 26.3 Å². The summed E-state index contributed by atoms with van der Waals surface area (Å²) >= 11 is 0. The highest BCUT2D eigenvalue weighted by molar-refractivity contribution is 6.13. The monoisotopic (exact) mass is 458 g/mol. The fraction of sp³-hybridized carbons (Fsp3) is 0.115. The van der Waals surface area contributed by atoms with E-state index in [4.69, 9.17) is 14.2 Å². The van der Waals surface area contributed by atoms with Crippen LogP contribution < -0.4 is 14.2 Å². The summed E-state index contributed by atoms with van der Waals surface area (Å²) in [5.41, 5.74) is 3.09. The fourth-order valence-electron chi connectivity index (χ4n) is 3.75. The van der Waals surface area contributed by atoms with Crippen LogP contribution in [-0.4, -0.2) is 36.6 Å². The maximum Gasteiger partial charge on any atom is 0.269 e. The average molecular weight is 458 g/mol. The van der Waals surface area contributed by atoms with Gasteiger partial charge in [0.15, 0.2) is 17.3 Å². The van der Waals surface area contributed by atoms with E-state index in [0.29, 0.717) is 34.1 Å². The molecule has 0 aliphatic heterocycles. The minimum Gasteiger partial charge on any atom is -0.493 e. The Balaban J connectivity index is 1.85. The van der Waals surface area contributed by atoms with Crippen molar-refractivity contribution in [1.29, 1.82) is 0 Å². The Morgan fingerprint density at radius 3 is 2.00 bits per heavy atom. The third kappa shape index (κ3) is 4.21. The van der Waals surface area contributed by atoms with E-state index >= 15 is 0 Å². The van der Waals surface area contributed by atoms with Gasteiger partial charge in [-0.15, -0.1) is 0 Å². The van der Waals surface area contributed by atoms with Crippen molar-refractivity contribution < 1.29 is 23.9 Å². The van der Waals surface area contributed by atoms with Crippen LogP contribution in [0.15, 0.2) is 79.1 Å². The lowest BCUT2D eigenvalue weighted by Gasteiger charge is -2.14. The molecule has 3 aromatic carbocycles. The lowest BCUT2D eigenvalue weighted by Crippen LogP contribution is -2.04. The highest BCUT2D eigenvalue weighted by Crippen LogP contribution is 2.39. The van der Waals surface area contributed by atoms with Gasteiger partial charge in [-0.05, 0) is 29.8 Å². The average Bonchev–Trinajstić information content (AvgIpc) is 3.33. The number of rotatable bonds is 8. The van der Waals surface area contributed by atoms with Gasteiger partial charge < -0.3 is 18.8 Å². The van der Waals surface area contributed by atoms with Crippen LogP contribution in [0.4, 0.5) is 5.69 Å². The van der Waals surface area contributed by atoms with Crippen LogP contribution in [0.2, 0.25) is 0 Å². The first-order valence-corrected chi connectivity index (χ1v) is 10.3. The zero-order valence-electron chi connectivity index (χ0n) is 18.8. The minimum atomic E-state index is -0.450. The zero-order chi connectivity index (χ0) is 24.2. The summed E-state index contributed by atoms with van der Waals surface area (Å²) in [6.07, 6.45) is 3.55. The first-order chi connectivity index (χ1) is 16.5. The SMILES string of the molecule is COc1cc(C(=O)c2cn(-c3ccc([N+](=O)[O-])cc3)cc2-c2ccccc2)cc(OC)c1OC. The van der Waals surface area contributed by atoms with Crippen molar-refractivity contribution in [2.45, 2.75) is 0 Å². The largest absolute Gasteiger partial charge is 0.493 e. The molecule has 4 rings (SSSR count). The molecule has 0 saturated carbocycles. The van der Waals surface area contributed by atoms with E-state index in [0.717, 1.165) is 11.1 Å². The number of nitro benzene ring substituents is 1. The number of ketones is 1. The fourth-order valence-corrected chi connectivity index (χ4v) is 3.75. The van der Waals surface area contributed by atoms with Crippen LogP contribution in [0.25, 0.3) is 16.8 Å². The Hall–Kier alpha value is -4.59. The second-order valence-corrected chi connectivity index (χ2v) is 7.38. The molecule has 0 fully saturated rings. The third-order valence-corrected chi connectivity index (χ3v) is 5.44. The number of hydrogen-bond donors (Lipinski definition) is 0. The van der Waals surface area contributed by atoms with Crippen LogP contribution in [0.3, 0.4) is 0 Å². The van der Waals surface area contributed by atoms with Crippen molar-refractivity contribution in [3.05, 3.63) is 100 Å². The minimum absolute atomic E-state index is 0.00656. The molecule has 8 nitrogen and oxygen atoms in total. The number of nitro groups is 1. The second kappa shape index (κ2) is 9.50. The smallest absolute Gasteiger partial charge is 0.269 e. The summed E-state index contributed by atoms with van der Waals surface area (Å²) in [5.74, 6) is 0.912. The summed E-state index contributed by atoms with van der Waals surface area (Å²) in [6, 6.07) is 18.9. The number of aromatic nitrogens is 1. The van der Waals surface area contributed by atoms with Gasteiger partial charge in [0, 0.05) is 46.9 Å². The van der Waals surface area contributed by atoms with Crippen LogP contribution in [0.5, 0.6) is 17.2 Å². The molecule has 4 aromatic rings. The lowest BCUT2D eigenvalue weighted by atomic mass is 9.97. The molecule has 1 aromatic heterocycles. The van der Waals surface area contributed by atoms with Crippen LogP contribution in [0.1, 0.15) is 15.9 Å². The summed E-state index contributed by atoms with van der Waals surface area (Å²) in [6.45, 7) is 0. The topological polar surface area (TPSA) is 92.8 Å². The van der Waals surface area contributed by atoms with Gasteiger partial charge in [0.25, 0.3) is 5.69 Å². The molecular weight excluding hydrogens is 436 g/mol. The Labute approximate surface area is 196 Å². The molecule has 0 spiro atoms. The van der Waals surface area contributed by atoms with Crippen molar-refractivity contribution in [2.75, 3.05) is 21.3 Å². The van der Waals surface area contributed by atoms with Crippen LogP contribution in [0, 0.1) is 10.1 Å². The van der Waals surface area contributed by atoms with E-state index in [9.17, 15) is 14.9 Å². The van der Waals surface area contributed by atoms with Crippen LogP contribution >= 0.6 is 0 Å². The molecule has 1 heterocycles. The van der Waals surface area contributed by atoms with Crippen molar-refractivity contribution >= 4 is 11.5 Å². The zero-order valence-corrected chi connectivity index (χ0v) is 18.8. The van der Waals surface area contributed by atoms with Crippen molar-refractivity contribution in [1.82, 2.24) is 4.57 Å². The molecule has 0 N–H and O–H groups in total. The number of benzene rings is 3. The number of methoxy groups -OCH3 is 3. The van der Waals surface area contributed by atoms with Crippen molar-refractivity contribution in [3.8, 4) is 34.1 Å². The van der Waals surface area contributed by atoms with Gasteiger partial charge in [-0.1, -0.05) is 30.3 Å². The number of ether oxygens (including phenoxy) is 3. The van der Waals surface area contributed by atoms with Gasteiger partial charge in [0.2, 0.25) is 5.75 Å². The number of hydrogen-bond acceptors (Lipinski definition) is 6. The predicted molar refractivity (Wildman–Crippen MR) is 127 cm³/mol. The quantitative estimate of drug-likeness (QED) is 0.202. The van der Waals surface area contributed by atoms with E-state index in [1.54, 1.807) is 35.0 Å². The molecule has 0 radical (unpaired) electrons. The van der Waals surface area contributed by atoms with Gasteiger partial charge in [0.1, 0.15) is 0 Å². The summed E-state index contributed by atoms with van der Waals surface area (Å²) < 4.78 is 18.0. The molecule has 0 atom stereocenters. The molecule has 34 heavy (non-hydrogen) atoms. The van der Waals surface area contributed by atoms with Crippen molar-refractivity contribution in [3.63, 3.8) is 0 Å². The maximum atomic E-state index is 13.7. The first-order valence-electron chi connectivity index (χ1n) is 10.3. The van der Waals surface area contributed by atoms with E-state index in [-0.39, 0.29) is 11.5 Å². The van der Waals surface area contributed by atoms with E-state index in [2.05, 4.69) is 0 Å². The summed E-state index contributed by atoms with van der Waals surface area (Å²) in [5, 5.41) is 11.0. The van der Waals surface area contributed by atoms with E-state index < -0.39 is 4.92 Å². The Morgan fingerprint density at radius 2 is 1.47 bits per heavy atom. The predicted octanol–water partition coefficient (Wildman–Crippen LogP) is 5.31. The third-order valence-electron chi connectivity index (χ3n) is 5.44. The van der Waals surface area contributed by atoms with Gasteiger partial charge in [-0.25, -0.2) is 0 Å². The molecule has 0 saturated heterocycles. The molecule has 0 aliphatic rings. The molecule has 0 amide bonds. The second-order valence-electron chi connectivity index (χ2n) is 7.38. The standard InChI is InChI=1S/C26H22N2O6/c1-32-23-13-18(14-24(33-2)26(23)34-3)25(29)22-16-27(15-21(22)17-7-5-4-6-8-17)19-9-11-20(12-10-19)28(30)31/h4-16H,1-3H3. The Kier molecular flexibility index (Phi) is 6.31. The molecule has 0 aliphatic carbocycles. The number of carbonyl (C=O) groups excluding carboxylic acids is 1. The van der Waals surface area contributed by atoms with Crippen LogP contribution in [-0.2, 0) is 0 Å². The van der Waals surface area contributed by atoms with Gasteiger partial charge in [-0.3, -0.25) is 14.9 Å². The summed E-state index contributed by atoms with van der Waals surface area (Å²) in [4.78, 5) is 24.3. The highest BCUT2D eigenvalue weighted by Gasteiger charge is 2.22. The Morgan fingerprint density at radius 1 is 0.853 bits per heavy atom. The number of carbonyl (C=O) groups is 1. The Bertz CT molecular complexity index is 1320. The first kappa shape index (κ1) is 22.6. The number of nitrogens with zero attached hydrogens (tertiary/aromatic N) is 2. The molecule has 172 valence electrons. The van der Waals surface area contributed by atoms with E-state index in [1.165, 1.54) is 33.5 Å². The molecule has 0 bridgehead atoms. The normalized spacial score (nSPS) is 10.6. The number of non-ortho nitro benzene ring substituents is 1. The van der Waals surface area contributed by atoms with Gasteiger partial charge >= 0.3 is 0 Å². The van der Waals surface area contributed by atoms with Gasteiger partial charge in [-0.2, -0.15) is 0 Å². The molecule has 8 heteroatoms. The molecule has 0 unspecified atom stereocenters. The molecular formula is C26H22N2O6. The highest BCUT2D eigenvalue weighted by atomic mass is 16.6. The lowest BCUT2D eigenvalue weighted by molar-refractivity contribution is -0.384. The maximum absolute atomic E-state index is 13.7. The van der Waals surface area contributed by atoms with E-state index in [1.807, 2.05) is 36.5 Å².